The minimum atomic E-state index is -0.329. The van der Waals surface area contributed by atoms with Gasteiger partial charge in [0, 0.05) is 16.7 Å². The zero-order valence-electron chi connectivity index (χ0n) is 8.73. The Morgan fingerprint density at radius 3 is 2.29 bits per heavy atom. The van der Waals surface area contributed by atoms with Gasteiger partial charge in [-0.1, -0.05) is 24.3 Å². The summed E-state index contributed by atoms with van der Waals surface area (Å²) in [7, 11) is 0. The molecule has 1 aliphatic carbocycles. The van der Waals surface area contributed by atoms with Crippen molar-refractivity contribution in [3.05, 3.63) is 64.7 Å². The summed E-state index contributed by atoms with van der Waals surface area (Å²) in [6.07, 6.45) is 0. The molecule has 3 heteroatoms. The van der Waals surface area contributed by atoms with Crippen LogP contribution in [0.5, 0.6) is 5.75 Å². The molecule has 0 unspecified atom stereocenters. The number of rotatable bonds is 0. The first-order valence-corrected chi connectivity index (χ1v) is 5.12. The highest BCUT2D eigenvalue weighted by molar-refractivity contribution is 6.29. The number of hydrogen-bond acceptors (Lipinski definition) is 3. The van der Waals surface area contributed by atoms with Crippen LogP contribution < -0.4 is 0 Å². The zero-order valence-corrected chi connectivity index (χ0v) is 8.73. The van der Waals surface area contributed by atoms with Gasteiger partial charge in [0.2, 0.25) is 0 Å². The van der Waals surface area contributed by atoms with Gasteiger partial charge < -0.3 is 5.11 Å². The summed E-state index contributed by atoms with van der Waals surface area (Å²) in [5, 5.41) is 9.68. The van der Waals surface area contributed by atoms with E-state index in [0.29, 0.717) is 11.1 Å². The van der Waals surface area contributed by atoms with Gasteiger partial charge in [-0.2, -0.15) is 0 Å². The summed E-state index contributed by atoms with van der Waals surface area (Å²) in [4.78, 5) is 24.3. The first-order valence-electron chi connectivity index (χ1n) is 5.12. The van der Waals surface area contributed by atoms with E-state index in [1.807, 2.05) is 0 Å². The quantitative estimate of drug-likeness (QED) is 0.633. The van der Waals surface area contributed by atoms with E-state index in [9.17, 15) is 14.7 Å². The van der Waals surface area contributed by atoms with Crippen molar-refractivity contribution < 1.29 is 14.7 Å². The molecule has 0 spiro atoms. The molecule has 2 aromatic rings. The fraction of sp³-hybridized carbons (Fsp3) is 0. The second-order valence-corrected chi connectivity index (χ2v) is 3.82. The standard InChI is InChI=1S/C14H7O3/c15-11-7-3-6-10-12(11)14(17)9-5-2-1-4-8(9)13(10)16/h1-5,7,15H. The van der Waals surface area contributed by atoms with Crippen LogP contribution in [0.2, 0.25) is 0 Å². The second kappa shape index (κ2) is 3.28. The number of hydrogen-bond donors (Lipinski definition) is 1. The molecule has 0 saturated heterocycles. The van der Waals surface area contributed by atoms with Gasteiger partial charge in [0.25, 0.3) is 0 Å². The Bertz CT molecular complexity index is 656. The predicted molar refractivity (Wildman–Crippen MR) is 60.2 cm³/mol. The van der Waals surface area contributed by atoms with Gasteiger partial charge in [0.05, 0.1) is 5.56 Å². The van der Waals surface area contributed by atoms with E-state index in [1.165, 1.54) is 12.1 Å². The van der Waals surface area contributed by atoms with Crippen molar-refractivity contribution in [1.82, 2.24) is 0 Å². The summed E-state index contributed by atoms with van der Waals surface area (Å²) in [5.41, 5.74) is 0.900. The SMILES string of the molecule is O=C1c2[c]ccc(O)c2C(=O)c2ccccc21. The molecule has 81 valence electrons. The van der Waals surface area contributed by atoms with Gasteiger partial charge in [-0.15, -0.1) is 0 Å². The molecule has 0 saturated carbocycles. The molecule has 0 fully saturated rings. The van der Waals surface area contributed by atoms with Crippen molar-refractivity contribution in [3.63, 3.8) is 0 Å². The highest BCUT2D eigenvalue weighted by Crippen LogP contribution is 2.31. The van der Waals surface area contributed by atoms with Gasteiger partial charge in [-0.25, -0.2) is 0 Å². The highest BCUT2D eigenvalue weighted by Gasteiger charge is 2.31. The molecule has 0 amide bonds. The predicted octanol–water partition coefficient (Wildman–Crippen LogP) is 1.97. The number of benzene rings is 2. The van der Waals surface area contributed by atoms with E-state index in [0.717, 1.165) is 0 Å². The third kappa shape index (κ3) is 1.22. The number of aromatic hydroxyl groups is 1. The Balaban J connectivity index is 2.37. The molecule has 17 heavy (non-hydrogen) atoms. The summed E-state index contributed by atoms with van der Waals surface area (Å²) >= 11 is 0. The summed E-state index contributed by atoms with van der Waals surface area (Å²) in [5.74, 6) is -0.776. The van der Waals surface area contributed by atoms with E-state index >= 15 is 0 Å². The fourth-order valence-electron chi connectivity index (χ4n) is 2.04. The molecule has 0 aromatic heterocycles. The average Bonchev–Trinajstić information content (AvgIpc) is 2.36. The van der Waals surface area contributed by atoms with E-state index < -0.39 is 0 Å². The van der Waals surface area contributed by atoms with Gasteiger partial charge in [0.15, 0.2) is 11.6 Å². The molecule has 1 N–H and O–H groups in total. The van der Waals surface area contributed by atoms with Crippen molar-refractivity contribution in [3.8, 4) is 5.75 Å². The third-order valence-electron chi connectivity index (χ3n) is 2.85. The molecule has 0 aliphatic heterocycles. The molecule has 2 aromatic carbocycles. The maximum atomic E-state index is 12.1. The number of ketones is 2. The van der Waals surface area contributed by atoms with Gasteiger partial charge >= 0.3 is 0 Å². The first kappa shape index (κ1) is 9.78. The van der Waals surface area contributed by atoms with Gasteiger partial charge in [-0.05, 0) is 18.2 Å². The maximum Gasteiger partial charge on any atom is 0.198 e. The van der Waals surface area contributed by atoms with Crippen LogP contribution in [0.25, 0.3) is 0 Å². The lowest BCUT2D eigenvalue weighted by Gasteiger charge is -2.17. The van der Waals surface area contributed by atoms with Gasteiger partial charge in [-0.3, -0.25) is 9.59 Å². The smallest absolute Gasteiger partial charge is 0.198 e. The molecule has 0 heterocycles. The van der Waals surface area contributed by atoms with Crippen LogP contribution in [0.4, 0.5) is 0 Å². The van der Waals surface area contributed by atoms with Gasteiger partial charge in [0.1, 0.15) is 5.75 Å². The Hall–Kier alpha value is -2.42. The molecule has 3 nitrogen and oxygen atoms in total. The fourth-order valence-corrected chi connectivity index (χ4v) is 2.04. The van der Waals surface area contributed by atoms with Crippen molar-refractivity contribution in [2.24, 2.45) is 0 Å². The lowest BCUT2D eigenvalue weighted by Crippen LogP contribution is -2.20. The summed E-state index contributed by atoms with van der Waals surface area (Å²) in [6, 6.07) is 12.1. The molecule has 1 radical (unpaired) electrons. The number of carbonyl (C=O) groups is 2. The molecular formula is C14H7O3. The molecule has 1 aliphatic rings. The minimum absolute atomic E-state index is 0.0520. The maximum absolute atomic E-state index is 12.1. The second-order valence-electron chi connectivity index (χ2n) is 3.82. The highest BCUT2D eigenvalue weighted by atomic mass is 16.3. The lowest BCUT2D eigenvalue weighted by atomic mass is 9.84. The van der Waals surface area contributed by atoms with Crippen molar-refractivity contribution in [2.75, 3.05) is 0 Å². The average molecular weight is 223 g/mol. The summed E-state index contributed by atoms with van der Waals surface area (Å²) in [6.45, 7) is 0. The van der Waals surface area contributed by atoms with Crippen LogP contribution in [0.3, 0.4) is 0 Å². The number of phenols is 1. The summed E-state index contributed by atoms with van der Waals surface area (Å²) < 4.78 is 0. The molecular weight excluding hydrogens is 216 g/mol. The van der Waals surface area contributed by atoms with E-state index in [4.69, 9.17) is 0 Å². The number of fused-ring (bicyclic) bond motifs is 2. The van der Waals surface area contributed by atoms with Crippen LogP contribution in [0.1, 0.15) is 31.8 Å². The molecule has 3 rings (SSSR count). The monoisotopic (exact) mass is 223 g/mol. The van der Waals surface area contributed by atoms with Crippen LogP contribution in [-0.2, 0) is 0 Å². The Morgan fingerprint density at radius 1 is 0.941 bits per heavy atom. The lowest BCUT2D eigenvalue weighted by molar-refractivity contribution is 0.0976. The Kier molecular flexibility index (Phi) is 1.89. The molecule has 0 bridgehead atoms. The zero-order chi connectivity index (χ0) is 12.0. The first-order chi connectivity index (χ1) is 8.20. The van der Waals surface area contributed by atoms with E-state index in [-0.39, 0.29) is 28.4 Å². The topological polar surface area (TPSA) is 54.4 Å². The van der Waals surface area contributed by atoms with E-state index in [2.05, 4.69) is 6.07 Å². The van der Waals surface area contributed by atoms with Crippen molar-refractivity contribution >= 4 is 11.6 Å². The normalized spacial score (nSPS) is 13.2. The van der Waals surface area contributed by atoms with Crippen LogP contribution in [0, 0.1) is 6.07 Å². The largest absolute Gasteiger partial charge is 0.507 e. The number of phenolic OH excluding ortho intramolecular Hbond substituents is 1. The van der Waals surface area contributed by atoms with Crippen LogP contribution in [0.15, 0.2) is 36.4 Å². The van der Waals surface area contributed by atoms with Crippen LogP contribution in [-0.4, -0.2) is 16.7 Å². The van der Waals surface area contributed by atoms with Crippen molar-refractivity contribution in [2.45, 2.75) is 0 Å². The van der Waals surface area contributed by atoms with Crippen LogP contribution >= 0.6 is 0 Å². The van der Waals surface area contributed by atoms with E-state index in [1.54, 1.807) is 24.3 Å². The number of carbonyl (C=O) groups excluding carboxylic acids is 2. The Labute approximate surface area is 97.3 Å². The molecule has 0 atom stereocenters. The van der Waals surface area contributed by atoms with Crippen molar-refractivity contribution in [1.29, 1.82) is 0 Å². The Morgan fingerprint density at radius 2 is 1.59 bits per heavy atom. The minimum Gasteiger partial charge on any atom is -0.507 e. The third-order valence-corrected chi connectivity index (χ3v) is 2.85.